The van der Waals surface area contributed by atoms with E-state index in [4.69, 9.17) is 5.73 Å². The van der Waals surface area contributed by atoms with Gasteiger partial charge in [0.15, 0.2) is 0 Å². The van der Waals surface area contributed by atoms with Gasteiger partial charge < -0.3 is 16.0 Å². The van der Waals surface area contributed by atoms with Crippen LogP contribution in [0.4, 0.5) is 27.7 Å². The van der Waals surface area contributed by atoms with Crippen LogP contribution in [-0.2, 0) is 0 Å². The van der Waals surface area contributed by atoms with E-state index in [0.717, 1.165) is 6.54 Å². The number of para-hydroxylation sites is 1. The topological polar surface area (TPSA) is 67.1 Å². The van der Waals surface area contributed by atoms with Crippen molar-refractivity contribution >= 4 is 23.3 Å². The molecule has 0 amide bonds. The van der Waals surface area contributed by atoms with Crippen molar-refractivity contribution in [2.45, 2.75) is 6.92 Å². The molecular formula is C13H16FN5. The Morgan fingerprint density at radius 1 is 1.32 bits per heavy atom. The van der Waals surface area contributed by atoms with E-state index in [9.17, 15) is 4.39 Å². The number of nitrogen functional groups attached to an aromatic ring is 1. The molecule has 0 bridgehead atoms. The predicted octanol–water partition coefficient (Wildman–Crippen LogP) is 2.40. The van der Waals surface area contributed by atoms with Gasteiger partial charge in [-0.2, -0.15) is 9.97 Å². The van der Waals surface area contributed by atoms with Crippen molar-refractivity contribution in [2.75, 3.05) is 29.5 Å². The molecule has 5 nitrogen and oxygen atoms in total. The van der Waals surface area contributed by atoms with E-state index in [2.05, 4.69) is 15.3 Å². The Morgan fingerprint density at radius 3 is 2.74 bits per heavy atom. The first kappa shape index (κ1) is 13.1. The van der Waals surface area contributed by atoms with Crippen LogP contribution in [0.15, 0.2) is 30.3 Å². The highest BCUT2D eigenvalue weighted by Crippen LogP contribution is 2.26. The lowest BCUT2D eigenvalue weighted by Gasteiger charge is -2.19. The number of hydrogen-bond donors (Lipinski definition) is 2. The monoisotopic (exact) mass is 261 g/mol. The van der Waals surface area contributed by atoms with Crippen LogP contribution in [0, 0.1) is 5.82 Å². The largest absolute Gasteiger partial charge is 0.370 e. The average Bonchev–Trinajstić information content (AvgIpc) is 2.38. The van der Waals surface area contributed by atoms with Gasteiger partial charge in [-0.3, -0.25) is 0 Å². The molecule has 0 aliphatic carbocycles. The third kappa shape index (κ3) is 2.90. The molecule has 0 unspecified atom stereocenters. The van der Waals surface area contributed by atoms with Crippen LogP contribution in [-0.4, -0.2) is 23.6 Å². The van der Waals surface area contributed by atoms with Crippen LogP contribution < -0.4 is 16.0 Å². The smallest absolute Gasteiger partial charge is 0.223 e. The highest BCUT2D eigenvalue weighted by atomic mass is 19.1. The second-order valence-electron chi connectivity index (χ2n) is 4.01. The molecule has 100 valence electrons. The molecule has 6 heteroatoms. The van der Waals surface area contributed by atoms with Gasteiger partial charge in [0.2, 0.25) is 5.95 Å². The average molecular weight is 261 g/mol. The summed E-state index contributed by atoms with van der Waals surface area (Å²) in [7, 11) is 1.73. The normalized spacial score (nSPS) is 10.3. The van der Waals surface area contributed by atoms with Crippen molar-refractivity contribution in [1.29, 1.82) is 0 Å². The minimum absolute atomic E-state index is 0.150. The van der Waals surface area contributed by atoms with E-state index in [1.54, 1.807) is 36.2 Å². The van der Waals surface area contributed by atoms with Crippen molar-refractivity contribution in [3.05, 3.63) is 36.1 Å². The number of benzene rings is 1. The Morgan fingerprint density at radius 2 is 2.05 bits per heavy atom. The number of hydrogen-bond acceptors (Lipinski definition) is 5. The van der Waals surface area contributed by atoms with Crippen LogP contribution in [0.1, 0.15) is 6.92 Å². The molecule has 0 aliphatic rings. The van der Waals surface area contributed by atoms with Gasteiger partial charge in [0.05, 0.1) is 5.69 Å². The van der Waals surface area contributed by atoms with E-state index in [1.807, 2.05) is 6.92 Å². The van der Waals surface area contributed by atoms with Gasteiger partial charge in [0.25, 0.3) is 0 Å². The minimum Gasteiger partial charge on any atom is -0.370 e. The molecule has 19 heavy (non-hydrogen) atoms. The zero-order chi connectivity index (χ0) is 13.8. The minimum atomic E-state index is -0.313. The third-order valence-corrected chi connectivity index (χ3v) is 2.65. The second-order valence-corrected chi connectivity index (χ2v) is 4.01. The highest BCUT2D eigenvalue weighted by molar-refractivity contribution is 5.63. The third-order valence-electron chi connectivity index (χ3n) is 2.65. The Kier molecular flexibility index (Phi) is 3.79. The van der Waals surface area contributed by atoms with Gasteiger partial charge in [-0.25, -0.2) is 4.39 Å². The van der Waals surface area contributed by atoms with Crippen molar-refractivity contribution in [1.82, 2.24) is 9.97 Å². The van der Waals surface area contributed by atoms with Crippen LogP contribution in [0.3, 0.4) is 0 Å². The van der Waals surface area contributed by atoms with E-state index < -0.39 is 0 Å². The maximum Gasteiger partial charge on any atom is 0.223 e. The fraction of sp³-hybridized carbons (Fsp3) is 0.231. The lowest BCUT2D eigenvalue weighted by atomic mass is 10.3. The summed E-state index contributed by atoms with van der Waals surface area (Å²) < 4.78 is 13.7. The molecule has 0 aliphatic heterocycles. The molecule has 3 N–H and O–H groups in total. The van der Waals surface area contributed by atoms with Gasteiger partial charge in [0.1, 0.15) is 17.5 Å². The number of aromatic nitrogens is 2. The van der Waals surface area contributed by atoms with Gasteiger partial charge in [-0.05, 0) is 19.1 Å². The van der Waals surface area contributed by atoms with E-state index in [0.29, 0.717) is 17.3 Å². The molecule has 2 aromatic rings. The summed E-state index contributed by atoms with van der Waals surface area (Å²) in [5.41, 5.74) is 6.09. The maximum absolute atomic E-state index is 13.7. The van der Waals surface area contributed by atoms with Crippen LogP contribution in [0.25, 0.3) is 0 Å². The summed E-state index contributed by atoms with van der Waals surface area (Å²) in [6.45, 7) is 2.68. The zero-order valence-electron chi connectivity index (χ0n) is 10.9. The molecule has 1 aromatic heterocycles. The summed E-state index contributed by atoms with van der Waals surface area (Å²) in [4.78, 5) is 9.81. The quantitative estimate of drug-likeness (QED) is 0.884. The maximum atomic E-state index is 13.7. The second kappa shape index (κ2) is 5.51. The molecule has 1 aromatic carbocycles. The Hall–Kier alpha value is -2.37. The summed E-state index contributed by atoms with van der Waals surface area (Å²) in [6, 6.07) is 8.23. The van der Waals surface area contributed by atoms with E-state index in [1.165, 1.54) is 6.07 Å². The van der Waals surface area contributed by atoms with Gasteiger partial charge >= 0.3 is 0 Å². The molecule has 2 rings (SSSR count). The molecular weight excluding hydrogens is 245 g/mol. The lowest BCUT2D eigenvalue weighted by molar-refractivity contribution is 0.627. The number of anilines is 4. The number of nitrogens with two attached hydrogens (primary N) is 1. The van der Waals surface area contributed by atoms with Crippen molar-refractivity contribution in [3.63, 3.8) is 0 Å². The Bertz CT molecular complexity index is 573. The SMILES string of the molecule is CCNc1cc(N(C)c2ccccc2F)nc(N)n1. The lowest BCUT2D eigenvalue weighted by Crippen LogP contribution is -2.15. The van der Waals surface area contributed by atoms with Gasteiger partial charge in [-0.1, -0.05) is 12.1 Å². The summed E-state index contributed by atoms with van der Waals surface area (Å²) in [6.07, 6.45) is 0. The molecule has 0 fully saturated rings. The van der Waals surface area contributed by atoms with Crippen molar-refractivity contribution in [3.8, 4) is 0 Å². The number of nitrogens with one attached hydrogen (secondary N) is 1. The highest BCUT2D eigenvalue weighted by Gasteiger charge is 2.12. The predicted molar refractivity (Wildman–Crippen MR) is 75.1 cm³/mol. The molecule has 0 saturated heterocycles. The van der Waals surface area contributed by atoms with Crippen molar-refractivity contribution < 1.29 is 4.39 Å². The molecule has 1 heterocycles. The van der Waals surface area contributed by atoms with E-state index >= 15 is 0 Å². The van der Waals surface area contributed by atoms with Crippen LogP contribution in [0.5, 0.6) is 0 Å². The number of halogens is 1. The first-order valence-corrected chi connectivity index (χ1v) is 5.98. The standard InChI is InChI=1S/C13H16FN5/c1-3-16-11-8-12(18-13(15)17-11)19(2)10-7-5-4-6-9(10)14/h4-8H,3H2,1-2H3,(H3,15,16,17,18). The Balaban J connectivity index is 2.38. The molecule has 0 radical (unpaired) electrons. The Labute approximate surface area is 111 Å². The van der Waals surface area contributed by atoms with Gasteiger partial charge in [0, 0.05) is 19.7 Å². The summed E-state index contributed by atoms with van der Waals surface area (Å²) in [5.74, 6) is 0.991. The number of rotatable bonds is 4. The fourth-order valence-electron chi connectivity index (χ4n) is 1.74. The zero-order valence-corrected chi connectivity index (χ0v) is 10.9. The van der Waals surface area contributed by atoms with Gasteiger partial charge in [-0.15, -0.1) is 0 Å². The number of nitrogens with zero attached hydrogens (tertiary/aromatic N) is 3. The van der Waals surface area contributed by atoms with Crippen LogP contribution >= 0.6 is 0 Å². The first-order valence-electron chi connectivity index (χ1n) is 5.98. The molecule has 0 atom stereocenters. The fourth-order valence-corrected chi connectivity index (χ4v) is 1.74. The van der Waals surface area contributed by atoms with Crippen molar-refractivity contribution in [2.24, 2.45) is 0 Å². The van der Waals surface area contributed by atoms with Crippen LogP contribution in [0.2, 0.25) is 0 Å². The summed E-state index contributed by atoms with van der Waals surface area (Å²) in [5, 5.41) is 3.06. The summed E-state index contributed by atoms with van der Waals surface area (Å²) >= 11 is 0. The first-order chi connectivity index (χ1) is 9.11. The molecule has 0 spiro atoms. The van der Waals surface area contributed by atoms with E-state index in [-0.39, 0.29) is 11.8 Å². The molecule has 0 saturated carbocycles.